The van der Waals surface area contributed by atoms with E-state index in [2.05, 4.69) is 42.7 Å². The van der Waals surface area contributed by atoms with Crippen LogP contribution in [0.2, 0.25) is 5.02 Å². The molecule has 0 amide bonds. The first-order valence-corrected chi connectivity index (χ1v) is 7.88. The number of hydrogen-bond donors (Lipinski definition) is 2. The van der Waals surface area contributed by atoms with Crippen molar-refractivity contribution in [3.05, 3.63) is 64.2 Å². The van der Waals surface area contributed by atoms with Crippen molar-refractivity contribution in [2.24, 2.45) is 5.84 Å². The molecule has 0 saturated heterocycles. The average Bonchev–Trinajstić information content (AvgIpc) is 2.43. The van der Waals surface area contributed by atoms with E-state index in [-0.39, 0.29) is 6.04 Å². The molecule has 3 N–H and O–H groups in total. The Bertz CT molecular complexity index is 586. The maximum atomic E-state index is 6.18. The van der Waals surface area contributed by atoms with Crippen molar-refractivity contribution in [1.82, 2.24) is 5.43 Å². The summed E-state index contributed by atoms with van der Waals surface area (Å²) >= 11 is 7.96. The van der Waals surface area contributed by atoms with Crippen LogP contribution in [-0.4, -0.2) is 5.75 Å². The number of rotatable bonds is 5. The molecule has 4 heteroatoms. The molecule has 0 saturated carbocycles. The van der Waals surface area contributed by atoms with Crippen molar-refractivity contribution in [2.45, 2.75) is 24.8 Å². The van der Waals surface area contributed by atoms with Crippen LogP contribution in [0, 0.1) is 13.8 Å². The molecule has 20 heavy (non-hydrogen) atoms. The molecule has 0 aromatic heterocycles. The normalized spacial score (nSPS) is 12.4. The third-order valence-electron chi connectivity index (χ3n) is 3.21. The van der Waals surface area contributed by atoms with E-state index in [9.17, 15) is 0 Å². The van der Waals surface area contributed by atoms with Crippen LogP contribution in [0.3, 0.4) is 0 Å². The minimum atomic E-state index is 0.0820. The van der Waals surface area contributed by atoms with Crippen molar-refractivity contribution < 1.29 is 0 Å². The molecule has 1 atom stereocenters. The van der Waals surface area contributed by atoms with Gasteiger partial charge in [-0.15, -0.1) is 11.8 Å². The SMILES string of the molecule is Cc1cccc(SCC(NN)c2ccc(C)c(Cl)c2)c1. The van der Waals surface area contributed by atoms with E-state index >= 15 is 0 Å². The van der Waals surface area contributed by atoms with Gasteiger partial charge in [0.25, 0.3) is 0 Å². The van der Waals surface area contributed by atoms with Gasteiger partial charge in [0.1, 0.15) is 0 Å². The highest BCUT2D eigenvalue weighted by Gasteiger charge is 2.11. The first-order chi connectivity index (χ1) is 9.60. The number of benzene rings is 2. The van der Waals surface area contributed by atoms with Crippen LogP contribution >= 0.6 is 23.4 Å². The number of hydrazine groups is 1. The summed E-state index contributed by atoms with van der Waals surface area (Å²) in [5, 5.41) is 0.781. The molecule has 106 valence electrons. The molecule has 0 spiro atoms. The van der Waals surface area contributed by atoms with Crippen LogP contribution in [0.15, 0.2) is 47.4 Å². The van der Waals surface area contributed by atoms with Gasteiger partial charge in [-0.1, -0.05) is 41.4 Å². The molecule has 0 aliphatic heterocycles. The molecule has 0 bridgehead atoms. The van der Waals surface area contributed by atoms with Crippen molar-refractivity contribution in [2.75, 3.05) is 5.75 Å². The van der Waals surface area contributed by atoms with Crippen molar-refractivity contribution in [3.63, 3.8) is 0 Å². The Kier molecular flexibility index (Phi) is 5.49. The molecule has 2 nitrogen and oxygen atoms in total. The fourth-order valence-electron chi connectivity index (χ4n) is 1.95. The van der Waals surface area contributed by atoms with Crippen LogP contribution in [0.25, 0.3) is 0 Å². The zero-order valence-electron chi connectivity index (χ0n) is 11.7. The van der Waals surface area contributed by atoms with Gasteiger partial charge in [0.2, 0.25) is 0 Å². The van der Waals surface area contributed by atoms with E-state index in [0.29, 0.717) is 0 Å². The van der Waals surface area contributed by atoms with Gasteiger partial charge in [-0.3, -0.25) is 11.3 Å². The lowest BCUT2D eigenvalue weighted by Gasteiger charge is -2.17. The summed E-state index contributed by atoms with van der Waals surface area (Å²) in [5.41, 5.74) is 6.33. The number of nitrogens with two attached hydrogens (primary N) is 1. The summed E-state index contributed by atoms with van der Waals surface area (Å²) in [6.45, 7) is 4.10. The van der Waals surface area contributed by atoms with Gasteiger partial charge in [0.05, 0.1) is 6.04 Å². The molecule has 0 radical (unpaired) electrons. The topological polar surface area (TPSA) is 38.0 Å². The van der Waals surface area contributed by atoms with Crippen LogP contribution in [0.1, 0.15) is 22.7 Å². The number of hydrogen-bond acceptors (Lipinski definition) is 3. The van der Waals surface area contributed by atoms with Gasteiger partial charge in [-0.2, -0.15) is 0 Å². The molecule has 0 fully saturated rings. The van der Waals surface area contributed by atoms with Gasteiger partial charge in [-0.25, -0.2) is 0 Å². The number of thioether (sulfide) groups is 1. The molecule has 2 aromatic carbocycles. The fraction of sp³-hybridized carbons (Fsp3) is 0.250. The minimum Gasteiger partial charge on any atom is -0.271 e. The predicted octanol–water partition coefficient (Wildman–Crippen LogP) is 4.25. The van der Waals surface area contributed by atoms with Crippen molar-refractivity contribution in [3.8, 4) is 0 Å². The maximum absolute atomic E-state index is 6.18. The van der Waals surface area contributed by atoms with E-state index in [0.717, 1.165) is 21.9 Å². The van der Waals surface area contributed by atoms with Gasteiger partial charge in [0, 0.05) is 15.7 Å². The third kappa shape index (κ3) is 4.00. The van der Waals surface area contributed by atoms with Crippen molar-refractivity contribution >= 4 is 23.4 Å². The van der Waals surface area contributed by atoms with Crippen LogP contribution in [0.5, 0.6) is 0 Å². The number of halogens is 1. The Labute approximate surface area is 129 Å². The first kappa shape index (κ1) is 15.4. The standard InChI is InChI=1S/C16H19ClN2S/c1-11-4-3-5-14(8-11)20-10-16(19-18)13-7-6-12(2)15(17)9-13/h3-9,16,19H,10,18H2,1-2H3. The summed E-state index contributed by atoms with van der Waals surface area (Å²) < 4.78 is 0. The van der Waals surface area contributed by atoms with Crippen LogP contribution in [-0.2, 0) is 0 Å². The Hall–Kier alpha value is -1.00. The zero-order valence-corrected chi connectivity index (χ0v) is 13.3. The smallest absolute Gasteiger partial charge is 0.0554 e. The van der Waals surface area contributed by atoms with Gasteiger partial charge >= 0.3 is 0 Å². The molecular formula is C16H19ClN2S. The van der Waals surface area contributed by atoms with Gasteiger partial charge in [0.15, 0.2) is 0 Å². The Morgan fingerprint density at radius 2 is 2.00 bits per heavy atom. The minimum absolute atomic E-state index is 0.0820. The van der Waals surface area contributed by atoms with E-state index in [1.807, 2.05) is 19.1 Å². The van der Waals surface area contributed by atoms with E-state index < -0.39 is 0 Å². The largest absolute Gasteiger partial charge is 0.271 e. The predicted molar refractivity (Wildman–Crippen MR) is 88.2 cm³/mol. The molecule has 2 aromatic rings. The molecule has 0 aliphatic rings. The van der Waals surface area contributed by atoms with Gasteiger partial charge in [-0.05, 0) is 43.2 Å². The lowest BCUT2D eigenvalue weighted by atomic mass is 10.1. The number of nitrogens with one attached hydrogen (secondary N) is 1. The van der Waals surface area contributed by atoms with Crippen molar-refractivity contribution in [1.29, 1.82) is 0 Å². The summed E-state index contributed by atoms with van der Waals surface area (Å²) in [5.74, 6) is 6.54. The summed E-state index contributed by atoms with van der Waals surface area (Å²) in [7, 11) is 0. The second-order valence-electron chi connectivity index (χ2n) is 4.86. The Balaban J connectivity index is 2.07. The second kappa shape index (κ2) is 7.14. The average molecular weight is 307 g/mol. The Morgan fingerprint density at radius 1 is 1.20 bits per heavy atom. The molecule has 0 heterocycles. The van der Waals surface area contributed by atoms with Gasteiger partial charge < -0.3 is 0 Å². The quantitative estimate of drug-likeness (QED) is 0.492. The summed E-state index contributed by atoms with van der Waals surface area (Å²) in [6, 6.07) is 14.6. The molecular weight excluding hydrogens is 288 g/mol. The zero-order chi connectivity index (χ0) is 14.5. The molecule has 0 aliphatic carbocycles. The Morgan fingerprint density at radius 3 is 2.65 bits per heavy atom. The lowest BCUT2D eigenvalue weighted by Crippen LogP contribution is -2.29. The lowest BCUT2D eigenvalue weighted by molar-refractivity contribution is 0.610. The number of aryl methyl sites for hydroxylation is 2. The molecule has 2 rings (SSSR count). The highest BCUT2D eigenvalue weighted by Crippen LogP contribution is 2.27. The second-order valence-corrected chi connectivity index (χ2v) is 6.36. The van der Waals surface area contributed by atoms with E-state index in [4.69, 9.17) is 17.4 Å². The first-order valence-electron chi connectivity index (χ1n) is 6.52. The molecule has 1 unspecified atom stereocenters. The maximum Gasteiger partial charge on any atom is 0.0554 e. The van der Waals surface area contributed by atoms with Crippen LogP contribution < -0.4 is 11.3 Å². The van der Waals surface area contributed by atoms with E-state index in [1.54, 1.807) is 11.8 Å². The van der Waals surface area contributed by atoms with Crippen LogP contribution in [0.4, 0.5) is 0 Å². The summed E-state index contributed by atoms with van der Waals surface area (Å²) in [6.07, 6.45) is 0. The van der Waals surface area contributed by atoms with E-state index in [1.165, 1.54) is 10.5 Å². The summed E-state index contributed by atoms with van der Waals surface area (Å²) in [4.78, 5) is 1.25. The highest BCUT2D eigenvalue weighted by atomic mass is 35.5. The third-order valence-corrected chi connectivity index (χ3v) is 4.70. The highest BCUT2D eigenvalue weighted by molar-refractivity contribution is 7.99. The fourth-order valence-corrected chi connectivity index (χ4v) is 3.23. The monoisotopic (exact) mass is 306 g/mol.